The van der Waals surface area contributed by atoms with Crippen LogP contribution in [0.3, 0.4) is 0 Å². The fourth-order valence-corrected chi connectivity index (χ4v) is 4.30. The number of sulfonamides is 1. The molecule has 7 nitrogen and oxygen atoms in total. The van der Waals surface area contributed by atoms with Gasteiger partial charge in [0.25, 0.3) is 15.9 Å². The van der Waals surface area contributed by atoms with Crippen molar-refractivity contribution in [2.24, 2.45) is 0 Å². The molecule has 0 fully saturated rings. The van der Waals surface area contributed by atoms with Gasteiger partial charge in [-0.15, -0.1) is 0 Å². The van der Waals surface area contributed by atoms with Gasteiger partial charge in [-0.05, 0) is 55.0 Å². The zero-order valence-electron chi connectivity index (χ0n) is 16.9. The number of ether oxygens (including phenoxy) is 2. The van der Waals surface area contributed by atoms with Gasteiger partial charge in [0.2, 0.25) is 0 Å². The summed E-state index contributed by atoms with van der Waals surface area (Å²) >= 11 is 0. The number of benzene rings is 3. The van der Waals surface area contributed by atoms with Crippen LogP contribution < -0.4 is 19.5 Å². The first-order valence-corrected chi connectivity index (χ1v) is 11.3. The van der Waals surface area contributed by atoms with Crippen LogP contribution in [-0.2, 0) is 10.0 Å². The Morgan fingerprint density at radius 3 is 2.42 bits per heavy atom. The van der Waals surface area contributed by atoms with Crippen molar-refractivity contribution in [2.75, 3.05) is 17.9 Å². The smallest absolute Gasteiger partial charge is 0.261 e. The molecule has 160 valence electrons. The van der Waals surface area contributed by atoms with Crippen LogP contribution in [-0.4, -0.2) is 27.5 Å². The van der Waals surface area contributed by atoms with Gasteiger partial charge in [0.1, 0.15) is 13.2 Å². The van der Waals surface area contributed by atoms with Crippen molar-refractivity contribution in [3.63, 3.8) is 0 Å². The Morgan fingerprint density at radius 2 is 1.65 bits per heavy atom. The summed E-state index contributed by atoms with van der Waals surface area (Å²) < 4.78 is 38.7. The summed E-state index contributed by atoms with van der Waals surface area (Å²) in [5.41, 5.74) is 1.53. The molecule has 0 saturated heterocycles. The Morgan fingerprint density at radius 1 is 0.903 bits per heavy atom. The maximum atomic E-state index is 12.8. The molecule has 0 saturated carbocycles. The number of anilines is 1. The van der Waals surface area contributed by atoms with Crippen LogP contribution in [0.4, 0.5) is 5.69 Å². The lowest BCUT2D eigenvalue weighted by Gasteiger charge is -2.21. The average molecular weight is 439 g/mol. The van der Waals surface area contributed by atoms with E-state index in [0.29, 0.717) is 36.0 Å². The van der Waals surface area contributed by atoms with Crippen molar-refractivity contribution in [1.29, 1.82) is 0 Å². The first-order valence-electron chi connectivity index (χ1n) is 9.81. The number of carbonyl (C=O) groups is 1. The molecule has 31 heavy (non-hydrogen) atoms. The summed E-state index contributed by atoms with van der Waals surface area (Å²) in [5, 5.41) is 2.93. The SMILES string of the molecule is CC(NC(=O)c1cccc(NS(=O)(=O)c2ccccc2)c1)c1ccc2c(c1)OCCO2. The number of amides is 1. The first kappa shape index (κ1) is 20.7. The van der Waals surface area contributed by atoms with Gasteiger partial charge in [-0.1, -0.05) is 30.3 Å². The van der Waals surface area contributed by atoms with Gasteiger partial charge in [-0.25, -0.2) is 8.42 Å². The Kier molecular flexibility index (Phi) is 5.81. The molecule has 0 aromatic heterocycles. The molecule has 1 atom stereocenters. The number of carbonyl (C=O) groups excluding carboxylic acids is 1. The molecule has 2 N–H and O–H groups in total. The lowest BCUT2D eigenvalue weighted by molar-refractivity contribution is 0.0939. The summed E-state index contributed by atoms with van der Waals surface area (Å²) in [7, 11) is -3.74. The summed E-state index contributed by atoms with van der Waals surface area (Å²) in [4.78, 5) is 12.9. The van der Waals surface area contributed by atoms with E-state index in [-0.39, 0.29) is 16.8 Å². The number of nitrogens with one attached hydrogen (secondary N) is 2. The van der Waals surface area contributed by atoms with E-state index >= 15 is 0 Å². The van der Waals surface area contributed by atoms with Gasteiger partial charge in [-0.3, -0.25) is 9.52 Å². The molecule has 8 heteroatoms. The van der Waals surface area contributed by atoms with E-state index in [1.54, 1.807) is 36.4 Å². The Balaban J connectivity index is 1.47. The first-order chi connectivity index (χ1) is 14.9. The minimum atomic E-state index is -3.74. The minimum Gasteiger partial charge on any atom is -0.486 e. The van der Waals surface area contributed by atoms with Crippen molar-refractivity contribution in [2.45, 2.75) is 17.9 Å². The second-order valence-electron chi connectivity index (χ2n) is 7.10. The molecule has 0 radical (unpaired) electrons. The monoisotopic (exact) mass is 438 g/mol. The molecule has 4 rings (SSSR count). The summed E-state index contributed by atoms with van der Waals surface area (Å²) in [5.74, 6) is 1.03. The molecular weight excluding hydrogens is 416 g/mol. The van der Waals surface area contributed by atoms with Crippen LogP contribution in [0.2, 0.25) is 0 Å². The fraction of sp³-hybridized carbons (Fsp3) is 0.174. The van der Waals surface area contributed by atoms with Crippen molar-refractivity contribution in [3.8, 4) is 11.5 Å². The van der Waals surface area contributed by atoms with Gasteiger partial charge in [-0.2, -0.15) is 0 Å². The van der Waals surface area contributed by atoms with Gasteiger partial charge in [0, 0.05) is 11.3 Å². The Labute approximate surface area is 181 Å². The predicted molar refractivity (Wildman–Crippen MR) is 117 cm³/mol. The molecule has 1 unspecified atom stereocenters. The zero-order valence-corrected chi connectivity index (χ0v) is 17.7. The zero-order chi connectivity index (χ0) is 21.8. The van der Waals surface area contributed by atoms with Crippen molar-refractivity contribution < 1.29 is 22.7 Å². The second-order valence-corrected chi connectivity index (χ2v) is 8.78. The summed E-state index contributed by atoms with van der Waals surface area (Å²) in [6, 6.07) is 19.7. The van der Waals surface area contributed by atoms with Crippen molar-refractivity contribution >= 4 is 21.6 Å². The van der Waals surface area contributed by atoms with Crippen LogP contribution in [0.5, 0.6) is 11.5 Å². The van der Waals surface area contributed by atoms with Gasteiger partial charge in [0.05, 0.1) is 10.9 Å². The Bertz CT molecular complexity index is 1200. The van der Waals surface area contributed by atoms with Crippen LogP contribution in [0.1, 0.15) is 28.9 Å². The highest BCUT2D eigenvalue weighted by molar-refractivity contribution is 7.92. The lowest BCUT2D eigenvalue weighted by atomic mass is 10.1. The van der Waals surface area contributed by atoms with Crippen LogP contribution in [0.25, 0.3) is 0 Å². The summed E-state index contributed by atoms with van der Waals surface area (Å²) in [6.45, 7) is 2.87. The standard InChI is InChI=1S/C23H22N2O5S/c1-16(17-10-11-21-22(15-17)30-13-12-29-21)24-23(26)18-6-5-7-19(14-18)25-31(27,28)20-8-3-2-4-9-20/h2-11,14-16,25H,12-13H2,1H3,(H,24,26). The van der Waals surface area contributed by atoms with Gasteiger partial charge < -0.3 is 14.8 Å². The van der Waals surface area contributed by atoms with E-state index in [1.165, 1.54) is 18.2 Å². The van der Waals surface area contributed by atoms with E-state index in [0.717, 1.165) is 5.56 Å². The van der Waals surface area contributed by atoms with Crippen molar-refractivity contribution in [3.05, 3.63) is 83.9 Å². The lowest BCUT2D eigenvalue weighted by Crippen LogP contribution is -2.27. The van der Waals surface area contributed by atoms with E-state index in [2.05, 4.69) is 10.0 Å². The third-order valence-electron chi connectivity index (χ3n) is 4.84. The number of fused-ring (bicyclic) bond motifs is 1. The van der Waals surface area contributed by atoms with Crippen molar-refractivity contribution in [1.82, 2.24) is 5.32 Å². The van der Waals surface area contributed by atoms with Gasteiger partial charge >= 0.3 is 0 Å². The molecule has 0 bridgehead atoms. The molecule has 1 aliphatic rings. The van der Waals surface area contributed by atoms with Crippen LogP contribution in [0, 0.1) is 0 Å². The molecule has 0 aliphatic carbocycles. The maximum Gasteiger partial charge on any atom is 0.261 e. The Hall–Kier alpha value is -3.52. The molecular formula is C23H22N2O5S. The third-order valence-corrected chi connectivity index (χ3v) is 6.24. The molecule has 1 amide bonds. The van der Waals surface area contributed by atoms with Crippen LogP contribution in [0.15, 0.2) is 77.7 Å². The quantitative estimate of drug-likeness (QED) is 0.611. The largest absolute Gasteiger partial charge is 0.486 e. The average Bonchev–Trinajstić information content (AvgIpc) is 2.79. The van der Waals surface area contributed by atoms with E-state index < -0.39 is 10.0 Å². The van der Waals surface area contributed by atoms with Crippen LogP contribution >= 0.6 is 0 Å². The van der Waals surface area contributed by atoms with E-state index in [4.69, 9.17) is 9.47 Å². The molecule has 3 aromatic carbocycles. The maximum absolute atomic E-state index is 12.8. The minimum absolute atomic E-state index is 0.150. The van der Waals surface area contributed by atoms with E-state index in [1.807, 2.05) is 25.1 Å². The number of hydrogen-bond donors (Lipinski definition) is 2. The molecule has 1 heterocycles. The summed E-state index contributed by atoms with van der Waals surface area (Å²) in [6.07, 6.45) is 0. The topological polar surface area (TPSA) is 93.7 Å². The highest BCUT2D eigenvalue weighted by Gasteiger charge is 2.18. The predicted octanol–water partition coefficient (Wildman–Crippen LogP) is 3.75. The number of rotatable bonds is 6. The fourth-order valence-electron chi connectivity index (χ4n) is 3.23. The number of hydrogen-bond acceptors (Lipinski definition) is 5. The second kappa shape index (κ2) is 8.69. The van der Waals surface area contributed by atoms with E-state index in [9.17, 15) is 13.2 Å². The molecule has 1 aliphatic heterocycles. The highest BCUT2D eigenvalue weighted by Crippen LogP contribution is 2.32. The van der Waals surface area contributed by atoms with Gasteiger partial charge in [0.15, 0.2) is 11.5 Å². The normalized spacial score (nSPS) is 13.8. The molecule has 0 spiro atoms. The highest BCUT2D eigenvalue weighted by atomic mass is 32.2. The molecule has 3 aromatic rings. The third kappa shape index (κ3) is 4.80.